The molecule has 0 aromatic heterocycles. The number of amides is 2. The molecule has 0 aliphatic carbocycles. The topological polar surface area (TPSA) is 209 Å². The number of anilines is 1. The smallest absolute Gasteiger partial charge is 0.317 e. The number of rotatable bonds is 22. The van der Waals surface area contributed by atoms with Crippen molar-refractivity contribution in [2.24, 2.45) is 4.99 Å². The normalized spacial score (nSPS) is 10.8. The number of hydrogen-bond donors (Lipinski definition) is 5. The summed E-state index contributed by atoms with van der Waals surface area (Å²) >= 11 is 4.58. The fourth-order valence-electron chi connectivity index (χ4n) is 4.42. The summed E-state index contributed by atoms with van der Waals surface area (Å²) in [6.07, 6.45) is 0.523. The highest BCUT2D eigenvalue weighted by Gasteiger charge is 2.20. The van der Waals surface area contributed by atoms with Gasteiger partial charge in [-0.15, -0.1) is 0 Å². The van der Waals surface area contributed by atoms with E-state index in [9.17, 15) is 44.1 Å². The number of carbonyl (C=O) groups is 6. The van der Waals surface area contributed by atoms with Gasteiger partial charge in [-0.2, -0.15) is 4.99 Å². The van der Waals surface area contributed by atoms with Crippen LogP contribution in [0.25, 0.3) is 0 Å². The SMILES string of the molecule is CC(=O)c1ccc(NC(=O)CN(CCN(CCN(CC(=O)O)CC(=O)NCCc2ccc(N=C=S)cc2)CC(=O)O)CC(=O)O)cc1. The number of Topliss-reactive ketones (excluding diaryl/α,β-unsaturated/α-hetero) is 1. The molecule has 0 fully saturated rings. The number of hydrogen-bond acceptors (Lipinski definition) is 11. The zero-order chi connectivity index (χ0) is 34.8. The average molecular weight is 671 g/mol. The average Bonchev–Trinajstić information content (AvgIpc) is 2.98. The summed E-state index contributed by atoms with van der Waals surface area (Å²) in [7, 11) is 0. The highest BCUT2D eigenvalue weighted by atomic mass is 32.1. The molecule has 0 radical (unpaired) electrons. The molecule has 16 heteroatoms. The summed E-state index contributed by atoms with van der Waals surface area (Å²) in [4.78, 5) is 79.2. The second kappa shape index (κ2) is 20.3. The monoisotopic (exact) mass is 670 g/mol. The van der Waals surface area contributed by atoms with Crippen molar-refractivity contribution < 1.29 is 44.1 Å². The molecule has 252 valence electrons. The molecule has 2 amide bonds. The molecule has 0 aliphatic rings. The first-order valence-electron chi connectivity index (χ1n) is 14.5. The van der Waals surface area contributed by atoms with Gasteiger partial charge in [0.25, 0.3) is 0 Å². The van der Waals surface area contributed by atoms with E-state index in [0.717, 1.165) is 5.56 Å². The first-order valence-corrected chi connectivity index (χ1v) is 14.9. The molecule has 0 saturated heterocycles. The summed E-state index contributed by atoms with van der Waals surface area (Å²) in [5.41, 5.74) is 2.48. The third-order valence-electron chi connectivity index (χ3n) is 6.70. The predicted molar refractivity (Wildman–Crippen MR) is 175 cm³/mol. The number of carbonyl (C=O) groups excluding carboxylic acids is 3. The zero-order valence-electron chi connectivity index (χ0n) is 25.9. The molecule has 5 N–H and O–H groups in total. The predicted octanol–water partition coefficient (Wildman–Crippen LogP) is 1.08. The van der Waals surface area contributed by atoms with Gasteiger partial charge in [0, 0.05) is 44.0 Å². The molecular weight excluding hydrogens is 632 g/mol. The van der Waals surface area contributed by atoms with Crippen LogP contribution in [0.1, 0.15) is 22.8 Å². The van der Waals surface area contributed by atoms with Crippen LogP contribution in [0.15, 0.2) is 53.5 Å². The van der Waals surface area contributed by atoms with Crippen LogP contribution in [0.5, 0.6) is 0 Å². The second-order valence-corrected chi connectivity index (χ2v) is 10.7. The molecule has 0 saturated carbocycles. The number of carboxylic acid groups (broad SMARTS) is 3. The Balaban J connectivity index is 1.94. The minimum absolute atomic E-state index is 0.00847. The number of aliphatic imine (C=N–C) groups is 1. The minimum atomic E-state index is -1.19. The Kier molecular flexibility index (Phi) is 16.6. The number of ketones is 1. The zero-order valence-corrected chi connectivity index (χ0v) is 26.7. The Labute approximate surface area is 276 Å². The molecule has 2 aromatic rings. The van der Waals surface area contributed by atoms with Crippen LogP contribution in [-0.4, -0.2) is 136 Å². The lowest BCUT2D eigenvalue weighted by molar-refractivity contribution is -0.141. The largest absolute Gasteiger partial charge is 0.480 e. The van der Waals surface area contributed by atoms with E-state index in [0.29, 0.717) is 29.9 Å². The van der Waals surface area contributed by atoms with Crippen LogP contribution in [0.3, 0.4) is 0 Å². The maximum atomic E-state index is 12.6. The number of aliphatic carboxylic acids is 3. The van der Waals surface area contributed by atoms with Gasteiger partial charge in [0.15, 0.2) is 5.78 Å². The minimum Gasteiger partial charge on any atom is -0.480 e. The van der Waals surface area contributed by atoms with Crippen molar-refractivity contribution in [3.05, 3.63) is 59.7 Å². The van der Waals surface area contributed by atoms with Crippen LogP contribution in [0, 0.1) is 0 Å². The number of benzene rings is 2. The fraction of sp³-hybridized carbons (Fsp3) is 0.387. The van der Waals surface area contributed by atoms with Crippen molar-refractivity contribution in [1.82, 2.24) is 20.0 Å². The van der Waals surface area contributed by atoms with Crippen molar-refractivity contribution in [2.75, 3.05) is 70.8 Å². The van der Waals surface area contributed by atoms with E-state index in [1.807, 2.05) is 12.1 Å². The van der Waals surface area contributed by atoms with Gasteiger partial charge < -0.3 is 26.0 Å². The summed E-state index contributed by atoms with van der Waals surface area (Å²) in [5, 5.41) is 35.8. The molecule has 2 rings (SSSR count). The molecule has 2 aromatic carbocycles. The van der Waals surface area contributed by atoms with Crippen molar-refractivity contribution in [3.63, 3.8) is 0 Å². The van der Waals surface area contributed by atoms with Gasteiger partial charge in [-0.3, -0.25) is 43.5 Å². The van der Waals surface area contributed by atoms with Gasteiger partial charge in [-0.05, 0) is 67.5 Å². The van der Waals surface area contributed by atoms with Crippen molar-refractivity contribution in [2.45, 2.75) is 13.3 Å². The van der Waals surface area contributed by atoms with Gasteiger partial charge in [0.2, 0.25) is 11.8 Å². The Morgan fingerprint density at radius 3 is 1.68 bits per heavy atom. The number of nitrogens with zero attached hydrogens (tertiary/aromatic N) is 4. The first kappa shape index (κ1) is 38.3. The summed E-state index contributed by atoms with van der Waals surface area (Å²) in [5.74, 6) is -4.58. The highest BCUT2D eigenvalue weighted by molar-refractivity contribution is 7.78. The Hall–Kier alpha value is -4.86. The van der Waals surface area contributed by atoms with Crippen molar-refractivity contribution in [3.8, 4) is 0 Å². The van der Waals surface area contributed by atoms with Gasteiger partial charge in [0.1, 0.15) is 0 Å². The lowest BCUT2D eigenvalue weighted by Crippen LogP contribution is -2.47. The Morgan fingerprint density at radius 1 is 0.702 bits per heavy atom. The van der Waals surface area contributed by atoms with Gasteiger partial charge in [0.05, 0.1) is 43.6 Å². The molecule has 15 nitrogen and oxygen atoms in total. The number of carboxylic acids is 3. The van der Waals surface area contributed by atoms with E-state index >= 15 is 0 Å². The van der Waals surface area contributed by atoms with E-state index in [1.165, 1.54) is 21.6 Å². The summed E-state index contributed by atoms with van der Waals surface area (Å²) < 4.78 is 0. The van der Waals surface area contributed by atoms with Crippen LogP contribution in [-0.2, 0) is 30.4 Å². The molecule has 0 bridgehead atoms. The lowest BCUT2D eigenvalue weighted by Gasteiger charge is -2.28. The number of nitrogens with one attached hydrogen (secondary N) is 2. The molecule has 47 heavy (non-hydrogen) atoms. The second-order valence-electron chi connectivity index (χ2n) is 10.5. The molecule has 0 unspecified atom stereocenters. The van der Waals surface area contributed by atoms with Gasteiger partial charge in [-0.25, -0.2) is 0 Å². The third kappa shape index (κ3) is 16.3. The van der Waals surface area contributed by atoms with Gasteiger partial charge in [-0.1, -0.05) is 12.1 Å². The van der Waals surface area contributed by atoms with Crippen LogP contribution in [0.4, 0.5) is 11.4 Å². The quantitative estimate of drug-likeness (QED) is 0.0676. The van der Waals surface area contributed by atoms with E-state index in [-0.39, 0.29) is 45.1 Å². The number of thiocarbonyl (C=S) groups is 1. The number of isothiocyanates is 1. The van der Waals surface area contributed by atoms with Crippen LogP contribution in [0.2, 0.25) is 0 Å². The fourth-order valence-corrected chi connectivity index (χ4v) is 4.53. The van der Waals surface area contributed by atoms with Crippen LogP contribution >= 0.6 is 12.2 Å². The molecule has 0 heterocycles. The molecular formula is C31H38N6O9S. The standard InChI is InChI=1S/C31H38N6O9S/c1-22(38)24-4-8-26(9-5-24)34-28(40)17-37(20-31(45)46)15-13-35(18-29(41)42)12-14-36(19-30(43)44)16-27(39)32-11-10-23-2-6-25(7-3-23)33-21-47/h2-9H,10-20H2,1H3,(H,32,39)(H,34,40)(H,41,42)(H,43,44)(H,45,46). The summed E-state index contributed by atoms with van der Waals surface area (Å²) in [6, 6.07) is 13.4. The lowest BCUT2D eigenvalue weighted by atomic mass is 10.1. The Bertz CT molecular complexity index is 1450. The van der Waals surface area contributed by atoms with Crippen LogP contribution < -0.4 is 10.6 Å². The first-order chi connectivity index (χ1) is 22.3. The van der Waals surface area contributed by atoms with E-state index in [4.69, 9.17) is 0 Å². The highest BCUT2D eigenvalue weighted by Crippen LogP contribution is 2.12. The van der Waals surface area contributed by atoms with E-state index in [2.05, 4.69) is 33.0 Å². The maximum Gasteiger partial charge on any atom is 0.317 e. The maximum absolute atomic E-state index is 12.6. The third-order valence-corrected chi connectivity index (χ3v) is 6.79. The molecule has 0 atom stereocenters. The van der Waals surface area contributed by atoms with Crippen molar-refractivity contribution >= 4 is 64.3 Å². The molecule has 0 spiro atoms. The van der Waals surface area contributed by atoms with E-state index < -0.39 is 49.4 Å². The summed E-state index contributed by atoms with van der Waals surface area (Å²) in [6.45, 7) is -0.0833. The van der Waals surface area contributed by atoms with E-state index in [1.54, 1.807) is 36.4 Å². The van der Waals surface area contributed by atoms with Crippen molar-refractivity contribution in [1.29, 1.82) is 0 Å². The van der Waals surface area contributed by atoms with Gasteiger partial charge >= 0.3 is 17.9 Å². The molecule has 0 aliphatic heterocycles. The Morgan fingerprint density at radius 2 is 1.19 bits per heavy atom.